The lowest BCUT2D eigenvalue weighted by molar-refractivity contribution is 0.479. The number of halogens is 1. The Hall–Kier alpha value is -1.68. The van der Waals surface area contributed by atoms with Crippen molar-refractivity contribution < 1.29 is 8.42 Å². The number of rotatable bonds is 5. The zero-order chi connectivity index (χ0) is 14.5. The Bertz CT molecular complexity index is 631. The van der Waals surface area contributed by atoms with Gasteiger partial charge in [-0.3, -0.25) is 0 Å². The van der Waals surface area contributed by atoms with E-state index in [4.69, 9.17) is 10.5 Å². The fourth-order valence-electron chi connectivity index (χ4n) is 1.33. The van der Waals surface area contributed by atoms with Gasteiger partial charge in [0.2, 0.25) is 10.0 Å². The first kappa shape index (κ1) is 15.4. The Morgan fingerprint density at radius 3 is 2.47 bits per heavy atom. The zero-order valence-corrected chi connectivity index (χ0v) is 12.4. The molecule has 0 saturated carbocycles. The number of hydrogen-bond acceptors (Lipinski definition) is 6. The second kappa shape index (κ2) is 6.48. The van der Waals surface area contributed by atoms with Crippen molar-refractivity contribution in [2.45, 2.75) is 4.90 Å². The van der Waals surface area contributed by atoms with Crippen LogP contribution in [0.4, 0.5) is 5.82 Å². The third-order valence-corrected chi connectivity index (χ3v) is 4.41. The zero-order valence-electron chi connectivity index (χ0n) is 9.96. The highest BCUT2D eigenvalue weighted by molar-refractivity contribution is 9.10. The van der Waals surface area contributed by atoms with Crippen LogP contribution in [0.5, 0.6) is 0 Å². The molecule has 1 aromatic rings. The molecule has 0 fully saturated rings. The molecule has 1 rings (SSSR count). The topological polar surface area (TPSA) is 110 Å². The summed E-state index contributed by atoms with van der Waals surface area (Å²) in [6.07, 6.45) is 1.45. The first-order valence-electron chi connectivity index (χ1n) is 5.04. The van der Waals surface area contributed by atoms with E-state index >= 15 is 0 Å². The molecule has 0 aliphatic carbocycles. The van der Waals surface area contributed by atoms with Crippen LogP contribution in [0, 0.1) is 22.7 Å². The summed E-state index contributed by atoms with van der Waals surface area (Å²) in [5.41, 5.74) is 0. The molecule has 0 atom stereocenters. The molecule has 0 aliphatic rings. The van der Waals surface area contributed by atoms with E-state index in [2.05, 4.69) is 26.2 Å². The molecule has 0 aliphatic heterocycles. The summed E-state index contributed by atoms with van der Waals surface area (Å²) in [4.78, 5) is 3.85. The highest BCUT2D eigenvalue weighted by Gasteiger charge is 2.27. The molecular weight excluding hydrogens is 334 g/mol. The van der Waals surface area contributed by atoms with Crippen LogP contribution in [0.2, 0.25) is 0 Å². The summed E-state index contributed by atoms with van der Waals surface area (Å²) >= 11 is 3.14. The maximum absolute atomic E-state index is 12.4. The van der Waals surface area contributed by atoms with E-state index in [-0.39, 0.29) is 10.7 Å². The number of nitrogens with zero attached hydrogens (tertiary/aromatic N) is 4. The molecule has 0 unspecified atom stereocenters. The van der Waals surface area contributed by atoms with Crippen LogP contribution in [0.3, 0.4) is 0 Å². The lowest BCUT2D eigenvalue weighted by Crippen LogP contribution is -2.32. The quantitative estimate of drug-likeness (QED) is 0.796. The van der Waals surface area contributed by atoms with Crippen LogP contribution in [0.1, 0.15) is 0 Å². The van der Waals surface area contributed by atoms with Gasteiger partial charge in [-0.1, -0.05) is 0 Å². The molecule has 19 heavy (non-hydrogen) atoms. The van der Waals surface area contributed by atoms with E-state index < -0.39 is 23.1 Å². The van der Waals surface area contributed by atoms with Gasteiger partial charge in [0, 0.05) is 17.7 Å². The van der Waals surface area contributed by atoms with Gasteiger partial charge in [-0.25, -0.2) is 13.4 Å². The van der Waals surface area contributed by atoms with Gasteiger partial charge >= 0.3 is 0 Å². The Morgan fingerprint density at radius 1 is 1.42 bits per heavy atom. The van der Waals surface area contributed by atoms with Gasteiger partial charge in [0.05, 0.1) is 12.1 Å². The van der Waals surface area contributed by atoms with E-state index in [0.717, 1.165) is 4.31 Å². The third-order valence-electron chi connectivity index (χ3n) is 2.17. The van der Waals surface area contributed by atoms with Crippen molar-refractivity contribution in [3.63, 3.8) is 0 Å². The minimum Gasteiger partial charge on any atom is -0.372 e. The second-order valence-corrected chi connectivity index (χ2v) is 6.16. The van der Waals surface area contributed by atoms with Gasteiger partial charge in [0.25, 0.3) is 0 Å². The molecular formula is C10H10BrN5O2S. The average Bonchev–Trinajstić information content (AvgIpc) is 2.38. The Balaban J connectivity index is 3.37. The van der Waals surface area contributed by atoms with Crippen LogP contribution < -0.4 is 5.32 Å². The molecule has 0 amide bonds. The highest BCUT2D eigenvalue weighted by Crippen LogP contribution is 2.25. The largest absolute Gasteiger partial charge is 0.372 e. The van der Waals surface area contributed by atoms with Gasteiger partial charge in [0.15, 0.2) is 0 Å². The molecule has 0 radical (unpaired) electrons. The number of anilines is 1. The Kier molecular flexibility index (Phi) is 5.24. The standard InChI is InChI=1S/C10H10BrN5O2S/c1-14-10-9(6-8(11)7-15-10)19(17,18)16(4-2-12)5-3-13/h6-7H,4-5H2,1H3,(H,14,15). The minimum atomic E-state index is -3.96. The van der Waals surface area contributed by atoms with Crippen LogP contribution in [0.15, 0.2) is 21.6 Å². The van der Waals surface area contributed by atoms with E-state index in [1.54, 1.807) is 12.1 Å². The number of hydrogen-bond donors (Lipinski definition) is 1. The molecule has 1 heterocycles. The molecule has 1 aromatic heterocycles. The van der Waals surface area contributed by atoms with Crippen LogP contribution in [-0.2, 0) is 10.0 Å². The maximum atomic E-state index is 12.4. The minimum absolute atomic E-state index is 0.0881. The first-order valence-corrected chi connectivity index (χ1v) is 7.28. The Morgan fingerprint density at radius 2 is 2.00 bits per heavy atom. The van der Waals surface area contributed by atoms with E-state index in [0.29, 0.717) is 4.47 Å². The third kappa shape index (κ3) is 3.41. The van der Waals surface area contributed by atoms with Crippen molar-refractivity contribution in [2.75, 3.05) is 25.5 Å². The fourth-order valence-corrected chi connectivity index (χ4v) is 3.22. The van der Waals surface area contributed by atoms with Gasteiger partial charge in [-0.2, -0.15) is 14.8 Å². The van der Waals surface area contributed by atoms with Crippen LogP contribution >= 0.6 is 15.9 Å². The number of nitriles is 2. The average molecular weight is 344 g/mol. The molecule has 1 N–H and O–H groups in total. The fraction of sp³-hybridized carbons (Fsp3) is 0.300. The first-order chi connectivity index (χ1) is 8.97. The van der Waals surface area contributed by atoms with Crippen molar-refractivity contribution >= 4 is 31.8 Å². The molecule has 100 valence electrons. The normalized spacial score (nSPS) is 10.8. The summed E-state index contributed by atoms with van der Waals surface area (Å²) in [5, 5.41) is 20.0. The van der Waals surface area contributed by atoms with E-state index in [1.807, 2.05) is 0 Å². The van der Waals surface area contributed by atoms with Gasteiger partial charge in [0.1, 0.15) is 23.8 Å². The van der Waals surface area contributed by atoms with Crippen LogP contribution in [0.25, 0.3) is 0 Å². The number of nitrogens with one attached hydrogen (secondary N) is 1. The van der Waals surface area contributed by atoms with Crippen LogP contribution in [-0.4, -0.2) is 37.8 Å². The predicted octanol–water partition coefficient (Wildman–Crippen LogP) is 0.924. The van der Waals surface area contributed by atoms with Gasteiger partial charge in [-0.05, 0) is 22.0 Å². The second-order valence-electron chi connectivity index (χ2n) is 3.34. The highest BCUT2D eigenvalue weighted by atomic mass is 79.9. The predicted molar refractivity (Wildman–Crippen MR) is 71.5 cm³/mol. The maximum Gasteiger partial charge on any atom is 0.248 e. The smallest absolute Gasteiger partial charge is 0.248 e. The van der Waals surface area contributed by atoms with Crippen molar-refractivity contribution in [1.82, 2.24) is 9.29 Å². The van der Waals surface area contributed by atoms with Gasteiger partial charge in [-0.15, -0.1) is 0 Å². The molecule has 9 heteroatoms. The number of aromatic nitrogens is 1. The van der Waals surface area contributed by atoms with Gasteiger partial charge < -0.3 is 5.32 Å². The number of sulfonamides is 1. The van der Waals surface area contributed by atoms with E-state index in [9.17, 15) is 8.42 Å². The molecule has 0 spiro atoms. The van der Waals surface area contributed by atoms with Crippen molar-refractivity contribution in [2.24, 2.45) is 0 Å². The van der Waals surface area contributed by atoms with Crippen molar-refractivity contribution in [1.29, 1.82) is 10.5 Å². The molecule has 0 bridgehead atoms. The SMILES string of the molecule is CNc1ncc(Br)cc1S(=O)(=O)N(CC#N)CC#N. The lowest BCUT2D eigenvalue weighted by Gasteiger charge is -2.17. The summed E-state index contributed by atoms with van der Waals surface area (Å²) < 4.78 is 26.0. The summed E-state index contributed by atoms with van der Waals surface area (Å²) in [6, 6.07) is 4.82. The number of pyridine rings is 1. The molecule has 0 saturated heterocycles. The monoisotopic (exact) mass is 343 g/mol. The van der Waals surface area contributed by atoms with Crippen molar-refractivity contribution in [3.05, 3.63) is 16.7 Å². The molecule has 0 aromatic carbocycles. The van der Waals surface area contributed by atoms with E-state index in [1.165, 1.54) is 19.3 Å². The lowest BCUT2D eigenvalue weighted by atomic mass is 10.4. The summed E-state index contributed by atoms with van der Waals surface area (Å²) in [7, 11) is -2.42. The Labute approximate surface area is 119 Å². The molecule has 7 nitrogen and oxygen atoms in total. The summed E-state index contributed by atoms with van der Waals surface area (Å²) in [5.74, 6) is 0.157. The summed E-state index contributed by atoms with van der Waals surface area (Å²) in [6.45, 7) is -0.795. The van der Waals surface area contributed by atoms with Crippen molar-refractivity contribution in [3.8, 4) is 12.1 Å².